The van der Waals surface area contributed by atoms with Crippen LogP contribution < -0.4 is 5.32 Å². The van der Waals surface area contributed by atoms with Crippen molar-refractivity contribution in [2.24, 2.45) is 13.0 Å². The van der Waals surface area contributed by atoms with Crippen LogP contribution in [0.3, 0.4) is 0 Å². The van der Waals surface area contributed by atoms with E-state index >= 15 is 0 Å². The summed E-state index contributed by atoms with van der Waals surface area (Å²) in [6, 6.07) is 4.71. The number of aromatic nitrogens is 4. The van der Waals surface area contributed by atoms with Gasteiger partial charge in [0.2, 0.25) is 5.95 Å². The first-order valence-electron chi connectivity index (χ1n) is 11.0. The van der Waals surface area contributed by atoms with Crippen LogP contribution in [0.15, 0.2) is 42.9 Å². The van der Waals surface area contributed by atoms with Crippen LogP contribution in [0.2, 0.25) is 0 Å². The van der Waals surface area contributed by atoms with E-state index in [1.54, 1.807) is 20.0 Å². The van der Waals surface area contributed by atoms with Crippen molar-refractivity contribution in [1.82, 2.24) is 24.6 Å². The number of hydrogen-bond donors (Lipinski definition) is 1. The second-order valence-electron chi connectivity index (χ2n) is 8.79. The molecule has 0 saturated carbocycles. The molecular formula is C23H22F6N6O. The fourth-order valence-electron chi connectivity index (χ4n) is 4.29. The lowest BCUT2D eigenvalue weighted by Gasteiger charge is -2.43. The number of amides is 1. The third-order valence-corrected chi connectivity index (χ3v) is 5.96. The van der Waals surface area contributed by atoms with Gasteiger partial charge in [0.1, 0.15) is 5.82 Å². The quantitative estimate of drug-likeness (QED) is 0.505. The third-order valence-electron chi connectivity index (χ3n) is 5.96. The van der Waals surface area contributed by atoms with Gasteiger partial charge in [-0.05, 0) is 23.6 Å². The fraction of sp³-hybridized carbons (Fsp3) is 0.391. The first kappa shape index (κ1) is 25.5. The highest BCUT2D eigenvalue weighted by Gasteiger charge is 2.47. The maximum Gasteiger partial charge on any atom is 0.419 e. The van der Waals surface area contributed by atoms with E-state index in [9.17, 15) is 31.1 Å². The average Bonchev–Trinajstić information content (AvgIpc) is 3.18. The molecule has 1 amide bonds. The maximum atomic E-state index is 14.5. The summed E-state index contributed by atoms with van der Waals surface area (Å²) in [6.07, 6.45) is -2.38. The Morgan fingerprint density at radius 2 is 1.92 bits per heavy atom. The van der Waals surface area contributed by atoms with Gasteiger partial charge < -0.3 is 10.2 Å². The zero-order valence-electron chi connectivity index (χ0n) is 19.2. The predicted octanol–water partition coefficient (Wildman–Crippen LogP) is 4.63. The number of benzene rings is 1. The maximum absolute atomic E-state index is 14.5. The smallest absolute Gasteiger partial charge is 0.352 e. The third kappa shape index (κ3) is 5.44. The standard InChI is InChI=1S/C23H22F6N6O/c1-13-7-22(25,26)12-35(18(13)10-32-21-30-8-15(9-31-21)23(27,28)29)20(36)19-17(11-34(2)33-19)14-4-3-5-16(24)6-14/h3-6,8-9,11,13,18H,7,10,12H2,1-2H3,(H,30,31,32). The zero-order valence-corrected chi connectivity index (χ0v) is 19.2. The van der Waals surface area contributed by atoms with Crippen LogP contribution in [0.5, 0.6) is 0 Å². The van der Waals surface area contributed by atoms with Crippen molar-refractivity contribution in [2.75, 3.05) is 18.4 Å². The van der Waals surface area contributed by atoms with Crippen LogP contribution in [0, 0.1) is 11.7 Å². The summed E-state index contributed by atoms with van der Waals surface area (Å²) in [5, 5.41) is 6.90. The van der Waals surface area contributed by atoms with Crippen LogP contribution in [0.25, 0.3) is 11.1 Å². The number of anilines is 1. The predicted molar refractivity (Wildman–Crippen MR) is 118 cm³/mol. The van der Waals surface area contributed by atoms with Crippen molar-refractivity contribution in [2.45, 2.75) is 31.5 Å². The van der Waals surface area contributed by atoms with Crippen LogP contribution in [-0.4, -0.2) is 55.6 Å². The Hall–Kier alpha value is -3.64. The Morgan fingerprint density at radius 3 is 2.56 bits per heavy atom. The van der Waals surface area contributed by atoms with Gasteiger partial charge in [0.05, 0.1) is 18.2 Å². The van der Waals surface area contributed by atoms with Gasteiger partial charge in [-0.3, -0.25) is 9.48 Å². The molecule has 1 saturated heterocycles. The number of carbonyl (C=O) groups excluding carboxylic acids is 1. The minimum Gasteiger partial charge on any atom is -0.352 e. The van der Waals surface area contributed by atoms with E-state index < -0.39 is 54.3 Å². The molecule has 0 bridgehead atoms. The molecular weight excluding hydrogens is 490 g/mol. The summed E-state index contributed by atoms with van der Waals surface area (Å²) in [5.74, 6) is -5.29. The summed E-state index contributed by atoms with van der Waals surface area (Å²) in [4.78, 5) is 21.8. The number of carbonyl (C=O) groups is 1. The molecule has 1 aliphatic rings. The van der Waals surface area contributed by atoms with Gasteiger partial charge in [0.15, 0.2) is 5.69 Å². The average molecular weight is 512 g/mol. The topological polar surface area (TPSA) is 75.9 Å². The van der Waals surface area contributed by atoms with Gasteiger partial charge in [-0.25, -0.2) is 23.1 Å². The molecule has 0 spiro atoms. The minimum absolute atomic E-state index is 0.0868. The van der Waals surface area contributed by atoms with Crippen LogP contribution in [-0.2, 0) is 13.2 Å². The summed E-state index contributed by atoms with van der Waals surface area (Å²) < 4.78 is 82.5. The molecule has 192 valence electrons. The number of piperidine rings is 1. The Morgan fingerprint density at radius 1 is 1.22 bits per heavy atom. The van der Waals surface area contributed by atoms with Gasteiger partial charge in [-0.1, -0.05) is 19.1 Å². The molecule has 2 unspecified atom stereocenters. The van der Waals surface area contributed by atoms with E-state index in [1.807, 2.05) is 0 Å². The largest absolute Gasteiger partial charge is 0.419 e. The molecule has 1 aromatic carbocycles. The number of hydrogen-bond acceptors (Lipinski definition) is 5. The van der Waals surface area contributed by atoms with E-state index in [4.69, 9.17) is 0 Å². The molecule has 0 aliphatic carbocycles. The van der Waals surface area contributed by atoms with E-state index in [-0.39, 0.29) is 23.8 Å². The molecule has 7 nitrogen and oxygen atoms in total. The Labute approximate surface area is 202 Å². The molecule has 3 aromatic rings. The lowest BCUT2D eigenvalue weighted by Crippen LogP contribution is -2.57. The lowest BCUT2D eigenvalue weighted by molar-refractivity contribution is -0.138. The van der Waals surface area contributed by atoms with E-state index in [0.717, 1.165) is 4.90 Å². The van der Waals surface area contributed by atoms with Crippen molar-refractivity contribution in [3.8, 4) is 11.1 Å². The molecule has 2 aromatic heterocycles. The summed E-state index contributed by atoms with van der Waals surface area (Å²) >= 11 is 0. The van der Waals surface area contributed by atoms with Gasteiger partial charge >= 0.3 is 6.18 Å². The second kappa shape index (κ2) is 9.43. The van der Waals surface area contributed by atoms with Crippen LogP contribution >= 0.6 is 0 Å². The number of alkyl halides is 5. The van der Waals surface area contributed by atoms with Crippen LogP contribution in [0.1, 0.15) is 29.4 Å². The molecule has 1 fully saturated rings. The van der Waals surface area contributed by atoms with Crippen molar-refractivity contribution in [1.29, 1.82) is 0 Å². The van der Waals surface area contributed by atoms with Gasteiger partial charge in [-0.15, -0.1) is 0 Å². The Kier molecular flexibility index (Phi) is 6.67. The van der Waals surface area contributed by atoms with Gasteiger partial charge in [0, 0.05) is 44.2 Å². The highest BCUT2D eigenvalue weighted by molar-refractivity contribution is 5.99. The van der Waals surface area contributed by atoms with Crippen LogP contribution in [0.4, 0.5) is 32.3 Å². The monoisotopic (exact) mass is 512 g/mol. The summed E-state index contributed by atoms with van der Waals surface area (Å²) in [5.41, 5.74) is -0.517. The van der Waals surface area contributed by atoms with Gasteiger partial charge in [-0.2, -0.15) is 18.3 Å². The first-order chi connectivity index (χ1) is 16.8. The number of likely N-dealkylation sites (tertiary alicyclic amines) is 1. The molecule has 3 heterocycles. The fourth-order valence-corrected chi connectivity index (χ4v) is 4.29. The van der Waals surface area contributed by atoms with E-state index in [0.29, 0.717) is 18.0 Å². The highest BCUT2D eigenvalue weighted by atomic mass is 19.4. The van der Waals surface area contributed by atoms with E-state index in [1.165, 1.54) is 29.1 Å². The highest BCUT2D eigenvalue weighted by Crippen LogP contribution is 2.36. The van der Waals surface area contributed by atoms with Crippen molar-refractivity contribution in [3.63, 3.8) is 0 Å². The zero-order chi connectivity index (χ0) is 26.3. The second-order valence-corrected chi connectivity index (χ2v) is 8.79. The molecule has 1 aliphatic heterocycles. The van der Waals surface area contributed by atoms with Crippen molar-refractivity contribution >= 4 is 11.9 Å². The first-order valence-corrected chi connectivity index (χ1v) is 11.0. The molecule has 36 heavy (non-hydrogen) atoms. The summed E-state index contributed by atoms with van der Waals surface area (Å²) in [6.45, 7) is 0.589. The molecule has 13 heteroatoms. The van der Waals surface area contributed by atoms with Crippen molar-refractivity contribution < 1.29 is 31.1 Å². The molecule has 2 atom stereocenters. The summed E-state index contributed by atoms with van der Waals surface area (Å²) in [7, 11) is 1.55. The Balaban J connectivity index is 1.61. The van der Waals surface area contributed by atoms with Crippen molar-refractivity contribution in [3.05, 3.63) is 59.9 Å². The number of halogens is 6. The normalized spacial score (nSPS) is 19.8. The SMILES string of the molecule is CC1CC(F)(F)CN(C(=O)c2nn(C)cc2-c2cccc(F)c2)C1CNc1ncc(C(F)(F)F)cn1. The molecule has 0 radical (unpaired) electrons. The number of rotatable bonds is 5. The van der Waals surface area contributed by atoms with E-state index in [2.05, 4.69) is 20.4 Å². The molecule has 4 rings (SSSR count). The molecule has 1 N–H and O–H groups in total. The lowest BCUT2D eigenvalue weighted by atomic mass is 9.88. The number of aryl methyl sites for hydroxylation is 1. The minimum atomic E-state index is -4.60. The number of nitrogens with zero attached hydrogens (tertiary/aromatic N) is 5. The van der Waals surface area contributed by atoms with Gasteiger partial charge in [0.25, 0.3) is 11.8 Å². The Bertz CT molecular complexity index is 1240. The number of nitrogens with one attached hydrogen (secondary N) is 1.